The molecule has 2 heteroatoms. The molecule has 0 amide bonds. The smallest absolute Gasteiger partial charge is 0.0326 e. The van der Waals surface area contributed by atoms with Gasteiger partial charge < -0.3 is 5.32 Å². The first-order chi connectivity index (χ1) is 4.47. The monoisotopic (exact) mass is 143 g/mol. The van der Waals surface area contributed by atoms with Gasteiger partial charge in [-0.3, -0.25) is 0 Å². The number of rotatable bonds is 0. The molecule has 0 spiro atoms. The van der Waals surface area contributed by atoms with Crippen LogP contribution >= 0.6 is 11.8 Å². The quantitative estimate of drug-likeness (QED) is 0.547. The van der Waals surface area contributed by atoms with E-state index in [4.69, 9.17) is 0 Å². The molecule has 52 valence electrons. The molecule has 0 aromatic carbocycles. The fraction of sp³-hybridized carbons (Fsp3) is 1.00. The molecule has 1 nitrogen and oxygen atoms in total. The van der Waals surface area contributed by atoms with E-state index in [9.17, 15) is 0 Å². The molecule has 0 aromatic heterocycles. The van der Waals surface area contributed by atoms with Crippen LogP contribution in [0.25, 0.3) is 0 Å². The Bertz CT molecular complexity index is 93.1. The van der Waals surface area contributed by atoms with Crippen LogP contribution < -0.4 is 5.32 Å². The van der Waals surface area contributed by atoms with E-state index in [-0.39, 0.29) is 0 Å². The summed E-state index contributed by atoms with van der Waals surface area (Å²) in [4.78, 5) is 0. The Balaban J connectivity index is 1.90. The molecule has 2 atom stereocenters. The zero-order valence-corrected chi connectivity index (χ0v) is 6.41. The van der Waals surface area contributed by atoms with E-state index in [1.165, 1.54) is 31.6 Å². The number of nitrogens with one attached hydrogen (secondary N) is 1. The van der Waals surface area contributed by atoms with E-state index in [0.29, 0.717) is 0 Å². The molecular formula is C7H13NS. The van der Waals surface area contributed by atoms with Gasteiger partial charge in [-0.05, 0) is 18.6 Å². The summed E-state index contributed by atoms with van der Waals surface area (Å²) in [6, 6.07) is 0.887. The van der Waals surface area contributed by atoms with Crippen molar-refractivity contribution in [1.29, 1.82) is 0 Å². The van der Waals surface area contributed by atoms with Crippen molar-refractivity contribution in [2.75, 3.05) is 12.3 Å². The maximum absolute atomic E-state index is 3.47. The summed E-state index contributed by atoms with van der Waals surface area (Å²) in [6.45, 7) is 1.27. The largest absolute Gasteiger partial charge is 0.312 e. The lowest BCUT2D eigenvalue weighted by Crippen LogP contribution is -2.54. The molecule has 2 saturated heterocycles. The molecule has 2 heterocycles. The van der Waals surface area contributed by atoms with Crippen LogP contribution in [0.3, 0.4) is 0 Å². The van der Waals surface area contributed by atoms with E-state index in [1.807, 2.05) is 0 Å². The molecule has 1 N–H and O–H groups in total. The lowest BCUT2D eigenvalue weighted by Gasteiger charge is -2.36. The normalized spacial score (nSPS) is 42.7. The summed E-state index contributed by atoms with van der Waals surface area (Å²) < 4.78 is 0. The molecule has 0 bridgehead atoms. The summed E-state index contributed by atoms with van der Waals surface area (Å²) in [6.07, 6.45) is 4.32. The summed E-state index contributed by atoms with van der Waals surface area (Å²) in [7, 11) is 0. The fourth-order valence-corrected chi connectivity index (χ4v) is 2.90. The van der Waals surface area contributed by atoms with Gasteiger partial charge >= 0.3 is 0 Å². The number of hydrogen-bond donors (Lipinski definition) is 1. The predicted molar refractivity (Wildman–Crippen MR) is 41.9 cm³/mol. The topological polar surface area (TPSA) is 12.0 Å². The molecule has 2 rings (SSSR count). The van der Waals surface area contributed by atoms with Crippen molar-refractivity contribution >= 4 is 11.8 Å². The third-order valence-electron chi connectivity index (χ3n) is 2.27. The molecule has 0 aliphatic carbocycles. The second-order valence-electron chi connectivity index (χ2n) is 2.92. The lowest BCUT2D eigenvalue weighted by atomic mass is 10.0. The maximum atomic E-state index is 3.47. The summed E-state index contributed by atoms with van der Waals surface area (Å²) in [5, 5.41) is 4.45. The highest BCUT2D eigenvalue weighted by atomic mass is 32.2. The van der Waals surface area contributed by atoms with E-state index in [1.54, 1.807) is 0 Å². The summed E-state index contributed by atoms with van der Waals surface area (Å²) in [5.41, 5.74) is 0. The third kappa shape index (κ3) is 1.10. The first-order valence-corrected chi connectivity index (χ1v) is 4.87. The first kappa shape index (κ1) is 6.05. The minimum absolute atomic E-state index is 0.887. The van der Waals surface area contributed by atoms with Crippen LogP contribution in [0.4, 0.5) is 0 Å². The Morgan fingerprint density at radius 3 is 3.11 bits per heavy atom. The van der Waals surface area contributed by atoms with Crippen LogP contribution in [0.5, 0.6) is 0 Å². The van der Waals surface area contributed by atoms with Gasteiger partial charge in [0.1, 0.15) is 0 Å². The molecule has 2 aliphatic rings. The Hall–Kier alpha value is 0.310. The van der Waals surface area contributed by atoms with Crippen LogP contribution in [-0.2, 0) is 0 Å². The van der Waals surface area contributed by atoms with Crippen molar-refractivity contribution in [2.24, 2.45) is 0 Å². The zero-order chi connectivity index (χ0) is 6.10. The minimum Gasteiger partial charge on any atom is -0.312 e. The van der Waals surface area contributed by atoms with Crippen LogP contribution in [0.15, 0.2) is 0 Å². The highest BCUT2D eigenvalue weighted by Gasteiger charge is 2.31. The van der Waals surface area contributed by atoms with E-state index in [2.05, 4.69) is 17.1 Å². The number of hydrogen-bond acceptors (Lipinski definition) is 2. The molecule has 9 heavy (non-hydrogen) atoms. The molecule has 0 radical (unpaired) electrons. The van der Waals surface area contributed by atoms with Gasteiger partial charge in [0.05, 0.1) is 0 Å². The van der Waals surface area contributed by atoms with E-state index >= 15 is 0 Å². The molecule has 0 aromatic rings. The van der Waals surface area contributed by atoms with Crippen LogP contribution in [-0.4, -0.2) is 23.6 Å². The van der Waals surface area contributed by atoms with Crippen LogP contribution in [0.1, 0.15) is 19.3 Å². The Labute approximate surface area is 60.6 Å². The Kier molecular flexibility index (Phi) is 1.68. The van der Waals surface area contributed by atoms with Crippen LogP contribution in [0.2, 0.25) is 0 Å². The van der Waals surface area contributed by atoms with Crippen LogP contribution in [0, 0.1) is 0 Å². The third-order valence-corrected chi connectivity index (χ3v) is 3.72. The van der Waals surface area contributed by atoms with Gasteiger partial charge in [0.25, 0.3) is 0 Å². The van der Waals surface area contributed by atoms with Crippen molar-refractivity contribution in [3.8, 4) is 0 Å². The minimum atomic E-state index is 0.887. The molecule has 0 saturated carbocycles. The summed E-state index contributed by atoms with van der Waals surface area (Å²) >= 11 is 2.17. The Morgan fingerprint density at radius 2 is 2.33 bits per heavy atom. The van der Waals surface area contributed by atoms with Crippen molar-refractivity contribution in [1.82, 2.24) is 5.32 Å². The lowest BCUT2D eigenvalue weighted by molar-refractivity contribution is 0.363. The predicted octanol–water partition coefficient (Wildman–Crippen LogP) is 1.24. The highest BCUT2D eigenvalue weighted by molar-refractivity contribution is 8.00. The number of fused-ring (bicyclic) bond motifs is 1. The molecule has 2 unspecified atom stereocenters. The van der Waals surface area contributed by atoms with Gasteiger partial charge in [-0.2, -0.15) is 11.8 Å². The SMILES string of the molecule is C1CCC2NCC2SC1. The second-order valence-corrected chi connectivity index (χ2v) is 4.27. The average Bonchev–Trinajstić information content (AvgIpc) is 1.94. The average molecular weight is 143 g/mol. The zero-order valence-electron chi connectivity index (χ0n) is 5.60. The van der Waals surface area contributed by atoms with Gasteiger partial charge in [0.15, 0.2) is 0 Å². The molecule has 2 aliphatic heterocycles. The van der Waals surface area contributed by atoms with Gasteiger partial charge in [0, 0.05) is 17.8 Å². The number of thioether (sulfide) groups is 1. The van der Waals surface area contributed by atoms with Gasteiger partial charge in [-0.1, -0.05) is 6.42 Å². The van der Waals surface area contributed by atoms with E-state index in [0.717, 1.165) is 11.3 Å². The Morgan fingerprint density at radius 1 is 1.33 bits per heavy atom. The van der Waals surface area contributed by atoms with E-state index < -0.39 is 0 Å². The highest BCUT2D eigenvalue weighted by Crippen LogP contribution is 2.28. The van der Waals surface area contributed by atoms with Gasteiger partial charge in [-0.15, -0.1) is 0 Å². The van der Waals surface area contributed by atoms with Crippen molar-refractivity contribution < 1.29 is 0 Å². The first-order valence-electron chi connectivity index (χ1n) is 3.82. The van der Waals surface area contributed by atoms with Crippen molar-refractivity contribution in [2.45, 2.75) is 30.6 Å². The van der Waals surface area contributed by atoms with Crippen molar-refractivity contribution in [3.05, 3.63) is 0 Å². The fourth-order valence-electron chi connectivity index (χ4n) is 1.54. The second kappa shape index (κ2) is 2.51. The van der Waals surface area contributed by atoms with Gasteiger partial charge in [-0.25, -0.2) is 0 Å². The maximum Gasteiger partial charge on any atom is 0.0326 e. The standard InChI is InChI=1S/C7H13NS/c1-2-4-9-7-5-8-6(7)3-1/h6-8H,1-5H2. The van der Waals surface area contributed by atoms with Crippen molar-refractivity contribution in [3.63, 3.8) is 0 Å². The van der Waals surface area contributed by atoms with Gasteiger partial charge in [0.2, 0.25) is 0 Å². The molecule has 2 fully saturated rings. The summed E-state index contributed by atoms with van der Waals surface area (Å²) in [5.74, 6) is 1.41. The molecular weight excluding hydrogens is 130 g/mol.